The first kappa shape index (κ1) is 18.0. The maximum absolute atomic E-state index is 12.1. The molecule has 0 aliphatic carbocycles. The van der Waals surface area contributed by atoms with Gasteiger partial charge in [0, 0.05) is 6.54 Å². The lowest BCUT2D eigenvalue weighted by Crippen LogP contribution is -2.28. The van der Waals surface area contributed by atoms with Crippen molar-refractivity contribution in [3.05, 3.63) is 28.8 Å². The Morgan fingerprint density at radius 1 is 1.29 bits per heavy atom. The Hall–Kier alpha value is -1.09. The second kappa shape index (κ2) is 7.79. The van der Waals surface area contributed by atoms with Crippen molar-refractivity contribution in [3.8, 4) is 0 Å². The first-order valence-corrected chi connectivity index (χ1v) is 7.82. The molecular formula is C13H19F2NO4S. The van der Waals surface area contributed by atoms with E-state index in [2.05, 4.69) is 9.46 Å². The molecule has 0 aliphatic heterocycles. The maximum atomic E-state index is 12.1. The summed E-state index contributed by atoms with van der Waals surface area (Å²) in [6.07, 6.45) is -2.58. The summed E-state index contributed by atoms with van der Waals surface area (Å²) in [5.74, 6) is 0. The number of nitrogens with one attached hydrogen (secondary N) is 1. The van der Waals surface area contributed by atoms with Gasteiger partial charge < -0.3 is 9.84 Å². The van der Waals surface area contributed by atoms with Crippen LogP contribution in [0.5, 0.6) is 0 Å². The fourth-order valence-electron chi connectivity index (χ4n) is 1.83. The SMILES string of the molecule is Cc1cc(C)c(S(=O)(=O)NCCOCC(F)F)cc1CO. The summed E-state index contributed by atoms with van der Waals surface area (Å²) in [5, 5.41) is 9.19. The van der Waals surface area contributed by atoms with Crippen molar-refractivity contribution in [2.24, 2.45) is 0 Å². The molecule has 1 rings (SSSR count). The molecule has 0 heterocycles. The molecule has 0 radical (unpaired) electrons. The molecule has 0 aliphatic rings. The molecule has 0 unspecified atom stereocenters. The zero-order chi connectivity index (χ0) is 16.0. The average molecular weight is 323 g/mol. The van der Waals surface area contributed by atoms with Crippen molar-refractivity contribution in [2.45, 2.75) is 31.8 Å². The van der Waals surface area contributed by atoms with E-state index in [4.69, 9.17) is 0 Å². The van der Waals surface area contributed by atoms with E-state index in [1.165, 1.54) is 6.07 Å². The summed E-state index contributed by atoms with van der Waals surface area (Å²) in [6.45, 7) is 2.21. The van der Waals surface area contributed by atoms with Gasteiger partial charge in [0.2, 0.25) is 10.0 Å². The fraction of sp³-hybridized carbons (Fsp3) is 0.538. The summed E-state index contributed by atoms with van der Waals surface area (Å²) in [5.41, 5.74) is 1.87. The third kappa shape index (κ3) is 5.31. The van der Waals surface area contributed by atoms with Gasteiger partial charge in [-0.3, -0.25) is 0 Å². The second-order valence-electron chi connectivity index (χ2n) is 4.57. The van der Waals surface area contributed by atoms with Crippen LogP contribution in [0.2, 0.25) is 0 Å². The van der Waals surface area contributed by atoms with Gasteiger partial charge in [-0.15, -0.1) is 0 Å². The number of hydrogen-bond acceptors (Lipinski definition) is 4. The highest BCUT2D eigenvalue weighted by Gasteiger charge is 2.18. The van der Waals surface area contributed by atoms with Crippen LogP contribution >= 0.6 is 0 Å². The number of alkyl halides is 2. The molecule has 1 aromatic rings. The van der Waals surface area contributed by atoms with Crippen LogP contribution in [-0.2, 0) is 21.4 Å². The molecule has 21 heavy (non-hydrogen) atoms. The summed E-state index contributed by atoms with van der Waals surface area (Å²) < 4.78 is 54.8. The largest absolute Gasteiger partial charge is 0.392 e. The molecule has 0 spiro atoms. The minimum Gasteiger partial charge on any atom is -0.392 e. The summed E-state index contributed by atoms with van der Waals surface area (Å²) >= 11 is 0. The quantitative estimate of drug-likeness (QED) is 0.708. The van der Waals surface area contributed by atoms with Crippen molar-refractivity contribution < 1.29 is 27.0 Å². The van der Waals surface area contributed by atoms with E-state index >= 15 is 0 Å². The van der Waals surface area contributed by atoms with Gasteiger partial charge in [0.05, 0.1) is 18.1 Å². The molecule has 5 nitrogen and oxygen atoms in total. The number of rotatable bonds is 8. The number of aliphatic hydroxyl groups is 1. The topological polar surface area (TPSA) is 75.6 Å². The molecule has 0 aromatic heterocycles. The van der Waals surface area contributed by atoms with E-state index in [0.29, 0.717) is 11.1 Å². The van der Waals surface area contributed by atoms with E-state index in [0.717, 1.165) is 5.56 Å². The number of hydrogen-bond donors (Lipinski definition) is 2. The first-order valence-electron chi connectivity index (χ1n) is 6.34. The zero-order valence-electron chi connectivity index (χ0n) is 11.9. The van der Waals surface area contributed by atoms with Crippen molar-refractivity contribution in [1.82, 2.24) is 4.72 Å². The Balaban J connectivity index is 2.74. The molecule has 0 atom stereocenters. The van der Waals surface area contributed by atoms with Gasteiger partial charge in [-0.2, -0.15) is 0 Å². The van der Waals surface area contributed by atoms with Crippen LogP contribution in [-0.4, -0.2) is 39.7 Å². The molecule has 0 saturated carbocycles. The van der Waals surface area contributed by atoms with Gasteiger partial charge in [0.15, 0.2) is 0 Å². The Bertz CT molecular complexity index is 576. The van der Waals surface area contributed by atoms with Crippen LogP contribution in [0.4, 0.5) is 8.78 Å². The number of ether oxygens (including phenoxy) is 1. The lowest BCUT2D eigenvalue weighted by Gasteiger charge is -2.12. The lowest BCUT2D eigenvalue weighted by molar-refractivity contribution is 0.0199. The molecule has 8 heteroatoms. The van der Waals surface area contributed by atoms with Crippen molar-refractivity contribution in [3.63, 3.8) is 0 Å². The van der Waals surface area contributed by atoms with Crippen LogP contribution in [0, 0.1) is 13.8 Å². The van der Waals surface area contributed by atoms with Gasteiger partial charge >= 0.3 is 0 Å². The second-order valence-corrected chi connectivity index (χ2v) is 6.30. The zero-order valence-corrected chi connectivity index (χ0v) is 12.7. The van der Waals surface area contributed by atoms with Gasteiger partial charge in [0.1, 0.15) is 6.61 Å². The Morgan fingerprint density at radius 3 is 2.52 bits per heavy atom. The van der Waals surface area contributed by atoms with E-state index in [-0.39, 0.29) is 24.7 Å². The van der Waals surface area contributed by atoms with E-state index < -0.39 is 23.1 Å². The van der Waals surface area contributed by atoms with Crippen molar-refractivity contribution in [2.75, 3.05) is 19.8 Å². The maximum Gasteiger partial charge on any atom is 0.261 e. The van der Waals surface area contributed by atoms with Crippen LogP contribution in [0.15, 0.2) is 17.0 Å². The molecule has 1 aromatic carbocycles. The van der Waals surface area contributed by atoms with E-state index in [1.807, 2.05) is 0 Å². The Labute approximate surface area is 123 Å². The van der Waals surface area contributed by atoms with Crippen molar-refractivity contribution >= 4 is 10.0 Å². The molecular weight excluding hydrogens is 304 g/mol. The Morgan fingerprint density at radius 2 is 1.95 bits per heavy atom. The predicted molar refractivity (Wildman–Crippen MR) is 73.9 cm³/mol. The van der Waals surface area contributed by atoms with Crippen LogP contribution in [0.3, 0.4) is 0 Å². The highest BCUT2D eigenvalue weighted by Crippen LogP contribution is 2.20. The standard InChI is InChI=1S/C13H19F2NO4S/c1-9-5-10(2)12(6-11(9)7-17)21(18,19)16-3-4-20-8-13(14)15/h5-6,13,16-17H,3-4,7-8H2,1-2H3. The minimum atomic E-state index is -3.77. The van der Waals surface area contributed by atoms with Crippen LogP contribution in [0.25, 0.3) is 0 Å². The number of aryl methyl sites for hydroxylation is 2. The number of halogens is 2. The molecule has 0 bridgehead atoms. The van der Waals surface area contributed by atoms with E-state index in [1.54, 1.807) is 19.9 Å². The van der Waals surface area contributed by atoms with Gasteiger partial charge in [-0.25, -0.2) is 21.9 Å². The molecule has 0 fully saturated rings. The number of sulfonamides is 1. The van der Waals surface area contributed by atoms with Crippen molar-refractivity contribution in [1.29, 1.82) is 0 Å². The number of benzene rings is 1. The molecule has 2 N–H and O–H groups in total. The van der Waals surface area contributed by atoms with Crippen LogP contribution < -0.4 is 4.72 Å². The summed E-state index contributed by atoms with van der Waals surface area (Å²) in [6, 6.07) is 3.08. The van der Waals surface area contributed by atoms with Gasteiger partial charge in [-0.05, 0) is 36.6 Å². The lowest BCUT2D eigenvalue weighted by atomic mass is 10.1. The summed E-state index contributed by atoms with van der Waals surface area (Å²) in [4.78, 5) is 0.0611. The number of aliphatic hydroxyl groups excluding tert-OH is 1. The van der Waals surface area contributed by atoms with Gasteiger partial charge in [0.25, 0.3) is 6.43 Å². The highest BCUT2D eigenvalue weighted by molar-refractivity contribution is 7.89. The van der Waals surface area contributed by atoms with E-state index in [9.17, 15) is 22.3 Å². The molecule has 120 valence electrons. The van der Waals surface area contributed by atoms with Gasteiger partial charge in [-0.1, -0.05) is 6.07 Å². The Kier molecular flexibility index (Phi) is 6.66. The first-order chi connectivity index (χ1) is 9.77. The average Bonchev–Trinajstić information content (AvgIpc) is 2.37. The molecule has 0 amide bonds. The summed E-state index contributed by atoms with van der Waals surface area (Å²) in [7, 11) is -3.77. The van der Waals surface area contributed by atoms with Crippen LogP contribution in [0.1, 0.15) is 16.7 Å². The normalized spacial score (nSPS) is 12.1. The third-order valence-corrected chi connectivity index (χ3v) is 4.48. The molecule has 0 saturated heterocycles. The minimum absolute atomic E-state index is 0.0611. The third-order valence-electron chi connectivity index (χ3n) is 2.88. The predicted octanol–water partition coefficient (Wildman–Crippen LogP) is 1.36. The smallest absolute Gasteiger partial charge is 0.261 e. The fourth-order valence-corrected chi connectivity index (χ4v) is 3.12. The monoisotopic (exact) mass is 323 g/mol. The highest BCUT2D eigenvalue weighted by atomic mass is 32.2.